The van der Waals surface area contributed by atoms with Crippen LogP contribution in [-0.2, 0) is 26.5 Å². The SMILES string of the molecule is CCCC1(CCC)c2cc(-c3ccc4c(c3)c3c(c5cc(C(C)(C)c6ccccc6)ccc54)=NS(=O)(=O)N=3)sc2-c2sc(C(C)(C)c3ccccc3)cc21. The molecular formula is C47H44N2O2S3. The quantitative estimate of drug-likeness (QED) is 0.137. The van der Waals surface area contributed by atoms with Crippen molar-refractivity contribution in [2.75, 3.05) is 0 Å². The van der Waals surface area contributed by atoms with Gasteiger partial charge in [-0.3, -0.25) is 0 Å². The molecule has 0 unspecified atom stereocenters. The molecule has 2 aliphatic rings. The van der Waals surface area contributed by atoms with Crippen LogP contribution in [0.3, 0.4) is 0 Å². The molecule has 272 valence electrons. The van der Waals surface area contributed by atoms with E-state index < -0.39 is 10.2 Å². The van der Waals surface area contributed by atoms with Crippen molar-refractivity contribution in [1.29, 1.82) is 0 Å². The number of nitrogens with zero attached hydrogens (tertiary/aromatic N) is 2. The third-order valence-corrected chi connectivity index (χ3v) is 15.8. The van der Waals surface area contributed by atoms with Gasteiger partial charge >= 0.3 is 10.2 Å². The van der Waals surface area contributed by atoms with Crippen molar-refractivity contribution < 1.29 is 8.42 Å². The van der Waals surface area contributed by atoms with Crippen molar-refractivity contribution in [3.05, 3.63) is 153 Å². The van der Waals surface area contributed by atoms with Gasteiger partial charge in [0.1, 0.15) is 10.7 Å². The Morgan fingerprint density at radius 1 is 0.574 bits per heavy atom. The molecule has 0 saturated heterocycles. The highest BCUT2D eigenvalue weighted by molar-refractivity contribution is 7.88. The maximum absolute atomic E-state index is 13.1. The molecule has 0 atom stereocenters. The number of fused-ring (bicyclic) bond motifs is 9. The second-order valence-electron chi connectivity index (χ2n) is 16.1. The van der Waals surface area contributed by atoms with E-state index in [0.29, 0.717) is 10.7 Å². The molecule has 5 aromatic carbocycles. The van der Waals surface area contributed by atoms with Crippen LogP contribution in [-0.4, -0.2) is 8.42 Å². The van der Waals surface area contributed by atoms with E-state index in [9.17, 15) is 8.42 Å². The first-order chi connectivity index (χ1) is 25.9. The molecule has 1 aliphatic heterocycles. The van der Waals surface area contributed by atoms with Crippen LogP contribution in [0.1, 0.15) is 99.9 Å². The predicted molar refractivity (Wildman–Crippen MR) is 227 cm³/mol. The van der Waals surface area contributed by atoms with Gasteiger partial charge in [0.2, 0.25) is 0 Å². The minimum atomic E-state index is -4.00. The van der Waals surface area contributed by atoms with E-state index in [-0.39, 0.29) is 16.2 Å². The molecule has 3 heterocycles. The fourth-order valence-corrected chi connectivity index (χ4v) is 12.8. The average molecular weight is 765 g/mol. The van der Waals surface area contributed by atoms with E-state index in [1.807, 2.05) is 28.7 Å². The molecule has 0 N–H and O–H groups in total. The fourth-order valence-electron chi connectivity index (χ4n) is 9.14. The van der Waals surface area contributed by atoms with Gasteiger partial charge in [0, 0.05) is 46.5 Å². The molecule has 0 bridgehead atoms. The summed E-state index contributed by atoms with van der Waals surface area (Å²) in [5.74, 6) is 0. The van der Waals surface area contributed by atoms with Gasteiger partial charge in [-0.05, 0) is 81.3 Å². The molecule has 0 radical (unpaired) electrons. The molecule has 0 amide bonds. The minimum Gasteiger partial charge on any atom is -0.179 e. The lowest BCUT2D eigenvalue weighted by Gasteiger charge is -2.31. The molecule has 9 rings (SSSR count). The smallest absolute Gasteiger partial charge is 0.179 e. The molecule has 1 aliphatic carbocycles. The summed E-state index contributed by atoms with van der Waals surface area (Å²) in [5.41, 5.74) is 7.24. The van der Waals surface area contributed by atoms with Gasteiger partial charge in [0.15, 0.2) is 0 Å². The first kappa shape index (κ1) is 35.3. The third kappa shape index (κ3) is 5.30. The van der Waals surface area contributed by atoms with Crippen LogP contribution in [0.15, 0.2) is 118 Å². The Morgan fingerprint density at radius 2 is 1.11 bits per heavy atom. The van der Waals surface area contributed by atoms with Crippen molar-refractivity contribution >= 4 is 54.4 Å². The highest BCUT2D eigenvalue weighted by atomic mass is 32.2. The van der Waals surface area contributed by atoms with Crippen molar-refractivity contribution in [3.63, 3.8) is 0 Å². The summed E-state index contributed by atoms with van der Waals surface area (Å²) in [4.78, 5) is 5.42. The van der Waals surface area contributed by atoms with Crippen LogP contribution >= 0.6 is 22.7 Å². The lowest BCUT2D eigenvalue weighted by Crippen LogP contribution is -2.25. The molecular weight excluding hydrogens is 721 g/mol. The van der Waals surface area contributed by atoms with Crippen molar-refractivity contribution in [2.24, 2.45) is 8.80 Å². The zero-order valence-corrected chi connectivity index (χ0v) is 34.1. The number of hydrogen-bond donors (Lipinski definition) is 0. The second-order valence-corrected chi connectivity index (χ2v) is 19.5. The monoisotopic (exact) mass is 764 g/mol. The topological polar surface area (TPSA) is 58.9 Å². The number of rotatable bonds is 9. The van der Waals surface area contributed by atoms with Gasteiger partial charge in [-0.1, -0.05) is 139 Å². The largest absolute Gasteiger partial charge is 0.364 e. The number of thiophene rings is 2. The summed E-state index contributed by atoms with van der Waals surface area (Å²) < 4.78 is 34.6. The first-order valence-electron chi connectivity index (χ1n) is 19.0. The summed E-state index contributed by atoms with van der Waals surface area (Å²) in [6.45, 7) is 13.7. The molecule has 2 aromatic heterocycles. The second kappa shape index (κ2) is 12.6. The van der Waals surface area contributed by atoms with Crippen LogP contribution in [0.4, 0.5) is 0 Å². The normalized spacial score (nSPS) is 15.5. The zero-order chi connectivity index (χ0) is 37.6. The summed E-state index contributed by atoms with van der Waals surface area (Å²) in [6, 6.07) is 39.2. The molecule has 0 saturated carbocycles. The predicted octanol–water partition coefficient (Wildman–Crippen LogP) is 11.8. The van der Waals surface area contributed by atoms with E-state index in [2.05, 4.69) is 153 Å². The van der Waals surface area contributed by atoms with E-state index in [4.69, 9.17) is 0 Å². The van der Waals surface area contributed by atoms with E-state index in [1.165, 1.54) is 41.8 Å². The average Bonchev–Trinajstić information content (AvgIpc) is 3.94. The van der Waals surface area contributed by atoms with E-state index >= 15 is 0 Å². The third-order valence-electron chi connectivity index (χ3n) is 12.1. The Labute approximate surface area is 326 Å². The van der Waals surface area contributed by atoms with Crippen LogP contribution < -0.4 is 10.7 Å². The zero-order valence-electron chi connectivity index (χ0n) is 31.7. The molecule has 54 heavy (non-hydrogen) atoms. The van der Waals surface area contributed by atoms with Crippen molar-refractivity contribution in [3.8, 4) is 20.2 Å². The lowest BCUT2D eigenvalue weighted by molar-refractivity contribution is 0.436. The Morgan fingerprint density at radius 3 is 1.72 bits per heavy atom. The van der Waals surface area contributed by atoms with E-state index in [0.717, 1.165) is 58.4 Å². The van der Waals surface area contributed by atoms with Crippen LogP contribution in [0.2, 0.25) is 0 Å². The Hall–Kier alpha value is -4.43. The first-order valence-corrected chi connectivity index (χ1v) is 22.1. The summed E-state index contributed by atoms with van der Waals surface area (Å²) >= 11 is 3.84. The van der Waals surface area contributed by atoms with Gasteiger partial charge in [-0.2, -0.15) is 8.42 Å². The van der Waals surface area contributed by atoms with Crippen LogP contribution in [0.5, 0.6) is 0 Å². The molecule has 0 spiro atoms. The van der Waals surface area contributed by atoms with Gasteiger partial charge in [-0.25, -0.2) is 0 Å². The highest BCUT2D eigenvalue weighted by Crippen LogP contribution is 2.61. The molecule has 7 heteroatoms. The maximum Gasteiger partial charge on any atom is 0.364 e. The van der Waals surface area contributed by atoms with Crippen molar-refractivity contribution in [1.82, 2.24) is 0 Å². The Bertz CT molecular complexity index is 2860. The lowest BCUT2D eigenvalue weighted by atomic mass is 9.71. The summed E-state index contributed by atoms with van der Waals surface area (Å²) in [5, 5.41) is 4.48. The van der Waals surface area contributed by atoms with Gasteiger partial charge < -0.3 is 0 Å². The van der Waals surface area contributed by atoms with Gasteiger partial charge in [-0.15, -0.1) is 31.5 Å². The van der Waals surface area contributed by atoms with Gasteiger partial charge in [0.25, 0.3) is 0 Å². The highest BCUT2D eigenvalue weighted by Gasteiger charge is 2.46. The molecule has 4 nitrogen and oxygen atoms in total. The minimum absolute atomic E-state index is 0.0216. The van der Waals surface area contributed by atoms with Crippen LogP contribution in [0.25, 0.3) is 41.7 Å². The molecule has 7 aromatic rings. The Balaban J connectivity index is 1.21. The molecule has 0 fully saturated rings. The Kier molecular flexibility index (Phi) is 8.20. The number of hydrogen-bond acceptors (Lipinski definition) is 4. The standard InChI is InChI=1S/C47H44N2O2S3/c1-7-23-47(24-8-2)37-27-39(52-43(37)44-38(47)28-40(53-44)46(5,6)31-17-13-10-14-18-31)29-19-21-33-34-22-20-32(45(3,4)30-15-11-9-12-16-30)26-36(34)42-41(35(33)25-29)48-54(50,51)49-42/h9-22,25-28H,7-8,23-24H2,1-6H3. The number of benzene rings is 5. The summed E-state index contributed by atoms with van der Waals surface area (Å²) in [7, 11) is -4.00. The van der Waals surface area contributed by atoms with Crippen LogP contribution in [0, 0.1) is 0 Å². The fraction of sp³-hybridized carbons (Fsp3) is 0.277. The van der Waals surface area contributed by atoms with Crippen molar-refractivity contribution in [2.45, 2.75) is 83.5 Å². The van der Waals surface area contributed by atoms with Gasteiger partial charge in [0.05, 0.1) is 0 Å². The van der Waals surface area contributed by atoms with E-state index in [1.54, 1.807) is 0 Å². The summed E-state index contributed by atoms with van der Waals surface area (Å²) in [6.07, 6.45) is 4.43. The maximum atomic E-state index is 13.1.